The molecule has 0 radical (unpaired) electrons. The van der Waals surface area contributed by atoms with Crippen LogP contribution in [0.15, 0.2) is 6.20 Å². The van der Waals surface area contributed by atoms with Gasteiger partial charge in [0, 0.05) is 0 Å². The summed E-state index contributed by atoms with van der Waals surface area (Å²) in [6.07, 6.45) is -5.92. The Bertz CT molecular complexity index is 408. The summed E-state index contributed by atoms with van der Waals surface area (Å²) in [7, 11) is 0. The van der Waals surface area contributed by atoms with Crippen molar-refractivity contribution in [2.24, 2.45) is 0 Å². The molecule has 1 aromatic heterocycles. The summed E-state index contributed by atoms with van der Waals surface area (Å²) in [4.78, 5) is 9.70. The Balaban J connectivity index is 3.07. The van der Waals surface area contributed by atoms with Crippen molar-refractivity contribution in [2.45, 2.75) is 32.7 Å². The fourth-order valence-electron chi connectivity index (χ4n) is 1.04. The maximum Gasteiger partial charge on any atom is 0.350 e. The van der Waals surface area contributed by atoms with Gasteiger partial charge in [0.15, 0.2) is 0 Å². The lowest BCUT2D eigenvalue weighted by Gasteiger charge is -2.06. The predicted octanol–water partition coefficient (Wildman–Crippen LogP) is 2.31. The summed E-state index contributed by atoms with van der Waals surface area (Å²) in [6, 6.07) is 0. The molecule has 0 aliphatic heterocycles. The van der Waals surface area contributed by atoms with Gasteiger partial charge in [-0.1, -0.05) is 0 Å². The van der Waals surface area contributed by atoms with Crippen molar-refractivity contribution in [1.29, 1.82) is 0 Å². The van der Waals surface area contributed by atoms with Crippen LogP contribution in [-0.2, 0) is 0 Å². The van der Waals surface area contributed by atoms with Crippen molar-refractivity contribution in [3.8, 4) is 5.88 Å². The van der Waals surface area contributed by atoms with E-state index < -0.39 is 35.3 Å². The summed E-state index contributed by atoms with van der Waals surface area (Å²) >= 11 is 0. The molecule has 17 heavy (non-hydrogen) atoms. The van der Waals surface area contributed by atoms with E-state index in [0.29, 0.717) is 6.20 Å². The quantitative estimate of drug-likeness (QED) is 0.596. The smallest absolute Gasteiger partial charge is 0.350 e. The molecule has 1 heterocycles. The van der Waals surface area contributed by atoms with Crippen LogP contribution in [0.3, 0.4) is 0 Å². The van der Waals surface area contributed by atoms with E-state index in [4.69, 9.17) is 4.74 Å². The minimum atomic E-state index is -3.32. The average Bonchev–Trinajstić information content (AvgIpc) is 2.59. The Hall–Kier alpha value is -1.80. The maximum atomic E-state index is 12.9. The van der Waals surface area contributed by atoms with Gasteiger partial charge < -0.3 is 4.74 Å². The number of ether oxygens (including phenoxy) is 1. The second-order valence-electron chi connectivity index (χ2n) is 3.43. The third kappa shape index (κ3) is 3.08. The van der Waals surface area contributed by atoms with E-state index in [9.17, 15) is 23.3 Å². The molecule has 0 aliphatic carbocycles. The van der Waals surface area contributed by atoms with Gasteiger partial charge in [0.25, 0.3) is 12.7 Å². The van der Waals surface area contributed by atoms with Crippen LogP contribution in [0.4, 0.5) is 18.9 Å². The van der Waals surface area contributed by atoms with Crippen molar-refractivity contribution >= 4 is 5.69 Å². The number of halogens is 3. The number of hydrogen-bond donors (Lipinski definition) is 0. The molecule has 9 heteroatoms. The van der Waals surface area contributed by atoms with E-state index in [1.54, 1.807) is 13.8 Å². The third-order valence-corrected chi connectivity index (χ3v) is 1.68. The van der Waals surface area contributed by atoms with Crippen LogP contribution in [-0.4, -0.2) is 27.2 Å². The molecule has 0 aliphatic rings. The fourth-order valence-corrected chi connectivity index (χ4v) is 1.04. The van der Waals surface area contributed by atoms with Crippen LogP contribution >= 0.6 is 0 Å². The lowest BCUT2D eigenvalue weighted by molar-refractivity contribution is -0.386. The van der Waals surface area contributed by atoms with Crippen molar-refractivity contribution in [2.75, 3.05) is 0 Å². The Labute approximate surface area is 94.1 Å². The number of alkyl halides is 3. The van der Waals surface area contributed by atoms with Gasteiger partial charge in [-0.05, 0) is 13.8 Å². The lowest BCUT2D eigenvalue weighted by Crippen LogP contribution is -2.13. The SMILES string of the molecule is CC(C)Oc1nn(C(F)C(F)F)cc1[N+](=O)[O-]. The van der Waals surface area contributed by atoms with Crippen molar-refractivity contribution in [3.63, 3.8) is 0 Å². The molecular weight excluding hydrogens is 243 g/mol. The molecule has 0 amide bonds. The highest BCUT2D eigenvalue weighted by Gasteiger charge is 2.29. The molecule has 1 atom stereocenters. The van der Waals surface area contributed by atoms with E-state index in [0.717, 1.165) is 0 Å². The highest BCUT2D eigenvalue weighted by molar-refractivity contribution is 5.38. The van der Waals surface area contributed by atoms with Crippen molar-refractivity contribution < 1.29 is 22.8 Å². The number of nitro groups is 1. The molecule has 0 saturated heterocycles. The third-order valence-electron chi connectivity index (χ3n) is 1.68. The molecule has 0 aromatic carbocycles. The zero-order valence-corrected chi connectivity index (χ0v) is 9.01. The van der Waals surface area contributed by atoms with Gasteiger partial charge in [-0.2, -0.15) is 0 Å². The Morgan fingerprint density at radius 1 is 1.47 bits per heavy atom. The minimum Gasteiger partial charge on any atom is -0.469 e. The van der Waals surface area contributed by atoms with E-state index >= 15 is 0 Å². The first-order valence-electron chi connectivity index (χ1n) is 4.65. The van der Waals surface area contributed by atoms with Gasteiger partial charge in [-0.3, -0.25) is 10.1 Å². The molecule has 0 bridgehead atoms. The van der Waals surface area contributed by atoms with Crippen molar-refractivity contribution in [1.82, 2.24) is 9.78 Å². The lowest BCUT2D eigenvalue weighted by atomic mass is 10.5. The van der Waals surface area contributed by atoms with Gasteiger partial charge in [-0.15, -0.1) is 5.10 Å². The maximum absolute atomic E-state index is 12.9. The van der Waals surface area contributed by atoms with Crippen LogP contribution in [0.25, 0.3) is 0 Å². The van der Waals surface area contributed by atoms with Crippen LogP contribution < -0.4 is 4.74 Å². The summed E-state index contributed by atoms with van der Waals surface area (Å²) in [6.45, 7) is 3.14. The van der Waals surface area contributed by atoms with E-state index in [-0.39, 0.29) is 4.68 Å². The Morgan fingerprint density at radius 3 is 2.47 bits per heavy atom. The molecule has 0 fully saturated rings. The van der Waals surface area contributed by atoms with Gasteiger partial charge in [0.1, 0.15) is 6.20 Å². The molecule has 0 spiro atoms. The van der Waals surface area contributed by atoms with Gasteiger partial charge in [0.2, 0.25) is 0 Å². The largest absolute Gasteiger partial charge is 0.469 e. The predicted molar refractivity (Wildman–Crippen MR) is 50.8 cm³/mol. The summed E-state index contributed by atoms with van der Waals surface area (Å²) < 4.78 is 42.2. The van der Waals surface area contributed by atoms with Crippen LogP contribution in [0, 0.1) is 10.1 Å². The van der Waals surface area contributed by atoms with Gasteiger partial charge >= 0.3 is 11.6 Å². The zero-order valence-electron chi connectivity index (χ0n) is 9.01. The number of rotatable bonds is 5. The summed E-state index contributed by atoms with van der Waals surface area (Å²) in [5, 5.41) is 13.9. The number of aromatic nitrogens is 2. The molecule has 0 N–H and O–H groups in total. The Morgan fingerprint density at radius 2 is 2.06 bits per heavy atom. The van der Waals surface area contributed by atoms with E-state index in [1.807, 2.05) is 0 Å². The molecule has 1 rings (SSSR count). The second-order valence-corrected chi connectivity index (χ2v) is 3.43. The van der Waals surface area contributed by atoms with Crippen LogP contribution in [0.2, 0.25) is 0 Å². The zero-order chi connectivity index (χ0) is 13.2. The topological polar surface area (TPSA) is 70.2 Å². The molecule has 96 valence electrons. The Kier molecular flexibility index (Phi) is 3.92. The van der Waals surface area contributed by atoms with E-state index in [1.165, 1.54) is 0 Å². The highest BCUT2D eigenvalue weighted by atomic mass is 19.3. The standard InChI is InChI=1S/C8H10F3N3O3/c1-4(2)17-8-5(14(15)16)3-13(12-8)7(11)6(9)10/h3-4,6-7H,1-2H3. The molecule has 1 aromatic rings. The monoisotopic (exact) mass is 253 g/mol. The molecular formula is C8H10F3N3O3. The first-order valence-corrected chi connectivity index (χ1v) is 4.65. The minimum absolute atomic E-state index is 0.181. The molecule has 1 unspecified atom stereocenters. The van der Waals surface area contributed by atoms with Gasteiger partial charge in [-0.25, -0.2) is 17.9 Å². The first-order chi connectivity index (χ1) is 7.82. The second kappa shape index (κ2) is 5.02. The normalized spacial score (nSPS) is 13.1. The molecule has 0 saturated carbocycles. The van der Waals surface area contributed by atoms with E-state index in [2.05, 4.69) is 5.10 Å². The fraction of sp³-hybridized carbons (Fsp3) is 0.625. The average molecular weight is 253 g/mol. The van der Waals surface area contributed by atoms with Crippen LogP contribution in [0.1, 0.15) is 20.1 Å². The first kappa shape index (κ1) is 13.3. The van der Waals surface area contributed by atoms with Crippen LogP contribution in [0.5, 0.6) is 5.88 Å². The molecule has 6 nitrogen and oxygen atoms in total. The number of hydrogen-bond acceptors (Lipinski definition) is 4. The van der Waals surface area contributed by atoms with Gasteiger partial charge in [0.05, 0.1) is 11.0 Å². The highest BCUT2D eigenvalue weighted by Crippen LogP contribution is 2.29. The number of nitrogens with zero attached hydrogens (tertiary/aromatic N) is 3. The summed E-state index contributed by atoms with van der Waals surface area (Å²) in [5.41, 5.74) is -0.651. The van der Waals surface area contributed by atoms with Crippen molar-refractivity contribution in [3.05, 3.63) is 16.3 Å². The summed E-state index contributed by atoms with van der Waals surface area (Å²) in [5.74, 6) is -0.478.